The molecule has 1 aliphatic heterocycles. The number of carboxylic acid groups (broad SMARTS) is 1. The Morgan fingerprint density at radius 3 is 2.18 bits per heavy atom. The molecule has 50 heavy (non-hydrogen) atoms. The highest BCUT2D eigenvalue weighted by molar-refractivity contribution is 7.90. The Morgan fingerprint density at radius 1 is 1.08 bits per heavy atom. The molecule has 2 aromatic heterocycles. The van der Waals surface area contributed by atoms with Crippen LogP contribution in [0.15, 0.2) is 40.6 Å². The van der Waals surface area contributed by atoms with E-state index in [4.69, 9.17) is 37.3 Å². The number of terminal acetylenes is 1. The van der Waals surface area contributed by atoms with Crippen molar-refractivity contribution >= 4 is 57.1 Å². The smallest absolute Gasteiger partial charge is 0.340 e. The van der Waals surface area contributed by atoms with Crippen molar-refractivity contribution in [2.75, 3.05) is 24.4 Å². The lowest BCUT2D eigenvalue weighted by Gasteiger charge is -2.19. The number of benzene rings is 1. The second-order valence-corrected chi connectivity index (χ2v) is 12.4. The zero-order chi connectivity index (χ0) is 36.9. The van der Waals surface area contributed by atoms with Crippen LogP contribution in [0.3, 0.4) is 0 Å². The molecule has 0 saturated heterocycles. The molecule has 1 atom stereocenters. The lowest BCUT2D eigenvalue weighted by Crippen LogP contribution is -2.36. The third kappa shape index (κ3) is 7.93. The van der Waals surface area contributed by atoms with E-state index in [0.29, 0.717) is 24.0 Å². The van der Waals surface area contributed by atoms with E-state index in [2.05, 4.69) is 26.3 Å². The minimum atomic E-state index is -4.53. The molecular formula is C30H29ClFN7O10S. The zero-order valence-corrected chi connectivity index (χ0v) is 28.4. The lowest BCUT2D eigenvalue weighted by atomic mass is 9.93. The van der Waals surface area contributed by atoms with Gasteiger partial charge >= 0.3 is 12.0 Å². The number of hydrogen-bond donors (Lipinski definition) is 3. The van der Waals surface area contributed by atoms with Crippen molar-refractivity contribution in [1.29, 1.82) is 0 Å². The normalized spacial score (nSPS) is 14.5. The molecule has 264 valence electrons. The number of carbonyl (C=O) groups excluding carboxylic acids is 3. The number of nitrogens with one attached hydrogen (secondary N) is 2. The molecule has 1 aromatic carbocycles. The van der Waals surface area contributed by atoms with Crippen molar-refractivity contribution in [1.82, 2.24) is 24.5 Å². The topological polar surface area (TPSA) is 221 Å². The average Bonchev–Trinajstić information content (AvgIpc) is 3.59. The van der Waals surface area contributed by atoms with Crippen molar-refractivity contribution in [2.45, 2.75) is 43.7 Å². The van der Waals surface area contributed by atoms with Gasteiger partial charge < -0.3 is 19.3 Å². The molecule has 3 heterocycles. The Morgan fingerprint density at radius 2 is 1.66 bits per heavy atom. The number of sulfonamides is 1. The summed E-state index contributed by atoms with van der Waals surface area (Å²) in [5.41, 5.74) is 0.218. The van der Waals surface area contributed by atoms with Gasteiger partial charge in [-0.2, -0.15) is 23.5 Å². The molecular weight excluding hydrogens is 705 g/mol. The summed E-state index contributed by atoms with van der Waals surface area (Å²) in [6.45, 7) is 1.63. The van der Waals surface area contributed by atoms with Crippen LogP contribution in [0.1, 0.15) is 43.0 Å². The highest BCUT2D eigenvalue weighted by atomic mass is 35.5. The van der Waals surface area contributed by atoms with Crippen LogP contribution in [-0.2, 0) is 26.7 Å². The molecule has 0 bridgehead atoms. The number of amides is 4. The fraction of sp³-hybridized carbons (Fsp3) is 0.300. The molecule has 17 nitrogen and oxygen atoms in total. The largest absolute Gasteiger partial charge is 0.481 e. The van der Waals surface area contributed by atoms with Crippen LogP contribution in [0.4, 0.5) is 20.8 Å². The Kier molecular flexibility index (Phi) is 11.3. The molecule has 1 aliphatic carbocycles. The van der Waals surface area contributed by atoms with Gasteiger partial charge in [-0.1, -0.05) is 17.5 Å². The standard InChI is InChI=1S/C18H15ClFNO3.C12H14N6O7S/c1-3-10(2)24-16-9-15(14(20)8-13(16)19)21-17(22)11-6-4-5-7-12(11)18(21)23;1-18-9(6(5-13-18)10(19)20)26(22,23)17-12(21)16-11-14-7(24-2)4-8(15-11)25-3/h1,8-10H,4-7H2,2H3;4-5H,1-3H3,(H,19,20)(H2,14,15,16,17,21). The number of aryl methyl sites for hydroxylation is 1. The number of hydrogen-bond acceptors (Lipinski definition) is 12. The first-order valence-corrected chi connectivity index (χ1v) is 16.3. The van der Waals surface area contributed by atoms with Gasteiger partial charge in [-0.25, -0.2) is 23.6 Å². The predicted molar refractivity (Wildman–Crippen MR) is 173 cm³/mol. The third-order valence-corrected chi connectivity index (χ3v) is 8.83. The number of nitrogens with zero attached hydrogens (tertiary/aromatic N) is 5. The molecule has 5 rings (SSSR count). The monoisotopic (exact) mass is 733 g/mol. The number of halogens is 2. The molecule has 3 N–H and O–H groups in total. The summed E-state index contributed by atoms with van der Waals surface area (Å²) in [5, 5.41) is 14.0. The summed E-state index contributed by atoms with van der Waals surface area (Å²) in [6.07, 6.45) is 8.32. The number of aromatic carboxylic acids is 1. The fourth-order valence-electron chi connectivity index (χ4n) is 4.82. The van der Waals surface area contributed by atoms with Crippen LogP contribution in [-0.4, -0.2) is 77.4 Å². The van der Waals surface area contributed by atoms with E-state index in [9.17, 15) is 32.0 Å². The number of rotatable bonds is 9. The van der Waals surface area contributed by atoms with Crippen LogP contribution in [0.25, 0.3) is 0 Å². The second kappa shape index (κ2) is 15.2. The van der Waals surface area contributed by atoms with E-state index in [-0.39, 0.29) is 34.2 Å². The third-order valence-electron chi connectivity index (χ3n) is 7.09. The van der Waals surface area contributed by atoms with Gasteiger partial charge in [0.15, 0.2) is 11.1 Å². The Labute approximate surface area is 289 Å². The van der Waals surface area contributed by atoms with E-state index in [1.165, 1.54) is 33.4 Å². The van der Waals surface area contributed by atoms with E-state index in [0.717, 1.165) is 34.7 Å². The fourth-order valence-corrected chi connectivity index (χ4v) is 6.23. The number of carboxylic acids is 1. The molecule has 1 unspecified atom stereocenters. The van der Waals surface area contributed by atoms with Gasteiger partial charge in [0.05, 0.1) is 37.2 Å². The van der Waals surface area contributed by atoms with Gasteiger partial charge in [0, 0.05) is 24.3 Å². The van der Waals surface area contributed by atoms with E-state index in [1.54, 1.807) is 11.6 Å². The van der Waals surface area contributed by atoms with Crippen LogP contribution < -0.4 is 29.1 Å². The lowest BCUT2D eigenvalue weighted by molar-refractivity contribution is -0.120. The van der Waals surface area contributed by atoms with Crippen LogP contribution >= 0.6 is 11.6 Å². The number of aromatic nitrogens is 4. The van der Waals surface area contributed by atoms with Crippen molar-refractivity contribution in [3.05, 3.63) is 51.9 Å². The molecule has 20 heteroatoms. The molecule has 0 saturated carbocycles. The quantitative estimate of drug-likeness (QED) is 0.213. The summed E-state index contributed by atoms with van der Waals surface area (Å²) in [7, 11) is -0.667. The first-order valence-electron chi connectivity index (χ1n) is 14.4. The molecule has 0 fully saturated rings. The van der Waals surface area contributed by atoms with Crippen molar-refractivity contribution < 1.29 is 51.3 Å². The highest BCUT2D eigenvalue weighted by Gasteiger charge is 2.41. The number of urea groups is 1. The summed E-state index contributed by atoms with van der Waals surface area (Å²) in [5.74, 6) is -0.872. The minimum absolute atomic E-state index is 0.0233. The van der Waals surface area contributed by atoms with Gasteiger partial charge in [0.2, 0.25) is 17.7 Å². The first-order chi connectivity index (χ1) is 23.6. The number of methoxy groups -OCH3 is 2. The van der Waals surface area contributed by atoms with E-state index >= 15 is 0 Å². The molecule has 0 radical (unpaired) electrons. The first kappa shape index (κ1) is 37.1. The number of imide groups is 1. The van der Waals surface area contributed by atoms with E-state index < -0.39 is 56.3 Å². The number of carbonyl (C=O) groups is 4. The Bertz CT molecular complexity index is 2010. The Hall–Kier alpha value is -5.74. The van der Waals surface area contributed by atoms with Crippen molar-refractivity contribution in [3.8, 4) is 29.9 Å². The zero-order valence-electron chi connectivity index (χ0n) is 26.8. The molecule has 0 spiro atoms. The summed E-state index contributed by atoms with van der Waals surface area (Å²) in [6, 6.07) is 2.39. The minimum Gasteiger partial charge on any atom is -0.481 e. The predicted octanol–water partition coefficient (Wildman–Crippen LogP) is 3.06. The maximum Gasteiger partial charge on any atom is 0.340 e. The van der Waals surface area contributed by atoms with Crippen LogP contribution in [0.2, 0.25) is 5.02 Å². The van der Waals surface area contributed by atoms with Crippen molar-refractivity contribution in [2.24, 2.45) is 7.05 Å². The van der Waals surface area contributed by atoms with E-state index in [1.807, 2.05) is 0 Å². The maximum absolute atomic E-state index is 14.4. The van der Waals surface area contributed by atoms with Gasteiger partial charge in [-0.15, -0.1) is 6.42 Å². The summed E-state index contributed by atoms with van der Waals surface area (Å²) >= 11 is 5.97. The molecule has 4 amide bonds. The summed E-state index contributed by atoms with van der Waals surface area (Å²) in [4.78, 5) is 56.7. The van der Waals surface area contributed by atoms with Gasteiger partial charge in [0.25, 0.3) is 21.8 Å². The van der Waals surface area contributed by atoms with Crippen LogP contribution in [0, 0.1) is 18.2 Å². The SMILES string of the molecule is C#CC(C)Oc1cc(N2C(=O)C3=C(CCCC3)C2=O)c(F)cc1Cl.COc1cc(OC)nc(NC(=O)NS(=O)(=O)c2c(C(=O)O)cnn2C)n1. The number of ether oxygens (including phenoxy) is 3. The Balaban J connectivity index is 0.000000225. The van der Waals surface area contributed by atoms with Crippen LogP contribution in [0.5, 0.6) is 17.5 Å². The highest BCUT2D eigenvalue weighted by Crippen LogP contribution is 2.39. The van der Waals surface area contributed by atoms with Crippen molar-refractivity contribution in [3.63, 3.8) is 0 Å². The number of anilines is 2. The average molecular weight is 734 g/mol. The van der Waals surface area contributed by atoms with Gasteiger partial charge in [0.1, 0.15) is 17.1 Å². The summed E-state index contributed by atoms with van der Waals surface area (Å²) < 4.78 is 56.7. The molecule has 2 aliphatic rings. The molecule has 3 aromatic rings. The van der Waals surface area contributed by atoms with Gasteiger partial charge in [-0.05, 0) is 38.7 Å². The second-order valence-electron chi connectivity index (χ2n) is 10.4. The maximum atomic E-state index is 14.4. The van der Waals surface area contributed by atoms with Gasteiger partial charge in [-0.3, -0.25) is 19.6 Å².